The molecule has 0 unspecified atom stereocenters. The third kappa shape index (κ3) is 1.68. The van der Waals surface area contributed by atoms with E-state index >= 15 is 0 Å². The average molecular weight is 312 g/mol. The molecule has 0 aliphatic carbocycles. The first-order chi connectivity index (χ1) is 9.31. The smallest absolute Gasteiger partial charge is 0.140 e. The van der Waals surface area contributed by atoms with E-state index in [0.29, 0.717) is 0 Å². The van der Waals surface area contributed by atoms with Crippen LogP contribution in [0.2, 0.25) is 0 Å². The Hall–Kier alpha value is -2.07. The van der Waals surface area contributed by atoms with Gasteiger partial charge in [0.15, 0.2) is 0 Å². The van der Waals surface area contributed by atoms with E-state index in [-0.39, 0.29) is 0 Å². The molecule has 3 nitrogen and oxygen atoms in total. The second-order valence-electron chi connectivity index (χ2n) is 4.49. The Bertz CT molecular complexity index is 856. The zero-order valence-corrected chi connectivity index (χ0v) is 11.5. The van der Waals surface area contributed by atoms with Gasteiger partial charge < -0.3 is 9.97 Å². The van der Waals surface area contributed by atoms with Gasteiger partial charge in [-0.1, -0.05) is 28.1 Å². The Labute approximate surface area is 117 Å². The Morgan fingerprint density at radius 1 is 1.00 bits per heavy atom. The minimum Gasteiger partial charge on any atom is -0.360 e. The molecule has 19 heavy (non-hydrogen) atoms. The van der Waals surface area contributed by atoms with Crippen LogP contribution in [0.25, 0.3) is 33.3 Å². The number of para-hydroxylation sites is 2. The number of nitrogens with one attached hydrogen (secondary N) is 2. The fourth-order valence-corrected chi connectivity index (χ4v) is 2.73. The molecular weight excluding hydrogens is 302 g/mol. The number of H-pyrrole nitrogens is 2. The molecule has 4 aromatic rings. The van der Waals surface area contributed by atoms with Crippen molar-refractivity contribution < 1.29 is 0 Å². The van der Waals surface area contributed by atoms with Crippen molar-refractivity contribution in [2.24, 2.45) is 0 Å². The molecule has 4 heteroatoms. The number of benzene rings is 2. The standard InChI is InChI=1S/C15H10BrN3/c16-9-5-6-12-10(7-9)11(8-17-12)15-18-13-3-1-2-4-14(13)19-15/h1-8,17H,(H,18,19). The predicted octanol–water partition coefficient (Wildman–Crippen LogP) is 4.47. The number of nitrogens with zero attached hydrogens (tertiary/aromatic N) is 1. The zero-order valence-electron chi connectivity index (χ0n) is 9.94. The summed E-state index contributed by atoms with van der Waals surface area (Å²) in [4.78, 5) is 11.3. The molecule has 0 aliphatic heterocycles. The molecule has 0 saturated heterocycles. The fraction of sp³-hybridized carbons (Fsp3) is 0. The van der Waals surface area contributed by atoms with Gasteiger partial charge in [0.2, 0.25) is 0 Å². The maximum Gasteiger partial charge on any atom is 0.140 e. The summed E-state index contributed by atoms with van der Waals surface area (Å²) in [5.74, 6) is 0.894. The highest BCUT2D eigenvalue weighted by atomic mass is 79.9. The van der Waals surface area contributed by atoms with E-state index in [0.717, 1.165) is 37.8 Å². The monoisotopic (exact) mass is 311 g/mol. The first kappa shape index (κ1) is 10.8. The Morgan fingerprint density at radius 3 is 2.79 bits per heavy atom. The van der Waals surface area contributed by atoms with Crippen molar-refractivity contribution in [2.75, 3.05) is 0 Å². The van der Waals surface area contributed by atoms with Gasteiger partial charge in [0.25, 0.3) is 0 Å². The number of aromatic amines is 2. The number of hydrogen-bond donors (Lipinski definition) is 2. The normalized spacial score (nSPS) is 11.4. The third-order valence-corrected chi connectivity index (χ3v) is 3.78. The van der Waals surface area contributed by atoms with E-state index in [2.05, 4.69) is 43.0 Å². The topological polar surface area (TPSA) is 44.5 Å². The maximum absolute atomic E-state index is 4.64. The largest absolute Gasteiger partial charge is 0.360 e. The predicted molar refractivity (Wildman–Crippen MR) is 81.1 cm³/mol. The lowest BCUT2D eigenvalue weighted by molar-refractivity contribution is 1.34. The van der Waals surface area contributed by atoms with Gasteiger partial charge in [-0.2, -0.15) is 0 Å². The molecule has 92 valence electrons. The molecule has 0 aliphatic rings. The van der Waals surface area contributed by atoms with Crippen LogP contribution in [-0.2, 0) is 0 Å². The first-order valence-corrected chi connectivity index (χ1v) is 6.82. The van der Waals surface area contributed by atoms with Crippen molar-refractivity contribution in [1.29, 1.82) is 0 Å². The maximum atomic E-state index is 4.64. The van der Waals surface area contributed by atoms with Crippen LogP contribution >= 0.6 is 15.9 Å². The summed E-state index contributed by atoms with van der Waals surface area (Å²) >= 11 is 3.51. The number of fused-ring (bicyclic) bond motifs is 2. The van der Waals surface area contributed by atoms with Crippen molar-refractivity contribution >= 4 is 37.9 Å². The lowest BCUT2D eigenvalue weighted by Gasteiger charge is -1.95. The van der Waals surface area contributed by atoms with Gasteiger partial charge in [-0.05, 0) is 30.3 Å². The molecule has 0 saturated carbocycles. The van der Waals surface area contributed by atoms with E-state index in [1.807, 2.05) is 36.5 Å². The van der Waals surface area contributed by atoms with E-state index < -0.39 is 0 Å². The first-order valence-electron chi connectivity index (χ1n) is 6.03. The van der Waals surface area contributed by atoms with Gasteiger partial charge in [0, 0.05) is 27.1 Å². The van der Waals surface area contributed by atoms with Gasteiger partial charge in [-0.25, -0.2) is 4.98 Å². The van der Waals surface area contributed by atoms with Crippen LogP contribution in [-0.4, -0.2) is 15.0 Å². The second-order valence-corrected chi connectivity index (χ2v) is 5.41. The molecule has 2 aromatic heterocycles. The summed E-state index contributed by atoms with van der Waals surface area (Å²) in [6.45, 7) is 0. The van der Waals surface area contributed by atoms with Crippen molar-refractivity contribution in [3.05, 3.63) is 53.1 Å². The molecule has 0 atom stereocenters. The number of rotatable bonds is 1. The van der Waals surface area contributed by atoms with Crippen LogP contribution in [0.15, 0.2) is 53.1 Å². The molecule has 0 radical (unpaired) electrons. The molecule has 2 aromatic carbocycles. The fourth-order valence-electron chi connectivity index (χ4n) is 2.37. The number of halogens is 1. The van der Waals surface area contributed by atoms with Gasteiger partial charge >= 0.3 is 0 Å². The Balaban J connectivity index is 2.00. The van der Waals surface area contributed by atoms with Crippen molar-refractivity contribution in [3.63, 3.8) is 0 Å². The summed E-state index contributed by atoms with van der Waals surface area (Å²) < 4.78 is 1.07. The molecule has 0 bridgehead atoms. The van der Waals surface area contributed by atoms with Crippen LogP contribution in [0.3, 0.4) is 0 Å². The minimum atomic E-state index is 0.894. The van der Waals surface area contributed by atoms with Gasteiger partial charge in [0.05, 0.1) is 11.0 Å². The van der Waals surface area contributed by atoms with Crippen LogP contribution in [0.4, 0.5) is 0 Å². The van der Waals surface area contributed by atoms with E-state index in [4.69, 9.17) is 0 Å². The summed E-state index contributed by atoms with van der Waals surface area (Å²) in [6, 6.07) is 14.3. The summed E-state index contributed by atoms with van der Waals surface area (Å²) in [5.41, 5.74) is 4.25. The Kier molecular flexibility index (Phi) is 2.26. The van der Waals surface area contributed by atoms with Crippen LogP contribution in [0.1, 0.15) is 0 Å². The Morgan fingerprint density at radius 2 is 1.89 bits per heavy atom. The van der Waals surface area contributed by atoms with Crippen LogP contribution in [0.5, 0.6) is 0 Å². The number of imidazole rings is 1. The highest BCUT2D eigenvalue weighted by Gasteiger charge is 2.10. The summed E-state index contributed by atoms with van der Waals surface area (Å²) in [7, 11) is 0. The quantitative estimate of drug-likeness (QED) is 0.535. The van der Waals surface area contributed by atoms with Crippen LogP contribution in [0, 0.1) is 0 Å². The van der Waals surface area contributed by atoms with Crippen molar-refractivity contribution in [1.82, 2.24) is 15.0 Å². The molecular formula is C15H10BrN3. The summed E-state index contributed by atoms with van der Waals surface area (Å²) in [6.07, 6.45) is 1.99. The van der Waals surface area contributed by atoms with E-state index in [1.54, 1.807) is 0 Å². The molecule has 0 spiro atoms. The van der Waals surface area contributed by atoms with Gasteiger partial charge in [0.1, 0.15) is 5.82 Å². The third-order valence-electron chi connectivity index (χ3n) is 3.29. The van der Waals surface area contributed by atoms with Gasteiger partial charge in [-0.3, -0.25) is 0 Å². The molecule has 2 N–H and O–H groups in total. The minimum absolute atomic E-state index is 0.894. The number of hydrogen-bond acceptors (Lipinski definition) is 1. The van der Waals surface area contributed by atoms with Crippen molar-refractivity contribution in [3.8, 4) is 11.4 Å². The number of aromatic nitrogens is 3. The molecule has 0 amide bonds. The molecule has 4 rings (SSSR count). The SMILES string of the molecule is Brc1ccc2[nH]cc(-c3nc4ccccc4[nH]3)c2c1. The average Bonchev–Trinajstić information content (AvgIpc) is 3.00. The highest BCUT2D eigenvalue weighted by Crippen LogP contribution is 2.30. The molecule has 2 heterocycles. The molecule has 0 fully saturated rings. The zero-order chi connectivity index (χ0) is 12.8. The van der Waals surface area contributed by atoms with E-state index in [9.17, 15) is 0 Å². The van der Waals surface area contributed by atoms with E-state index in [1.165, 1.54) is 0 Å². The highest BCUT2D eigenvalue weighted by molar-refractivity contribution is 9.10. The van der Waals surface area contributed by atoms with Gasteiger partial charge in [-0.15, -0.1) is 0 Å². The second kappa shape index (κ2) is 3.96. The van der Waals surface area contributed by atoms with Crippen molar-refractivity contribution in [2.45, 2.75) is 0 Å². The lowest BCUT2D eigenvalue weighted by Crippen LogP contribution is -1.77. The lowest BCUT2D eigenvalue weighted by atomic mass is 10.2. The summed E-state index contributed by atoms with van der Waals surface area (Å²) in [5, 5.41) is 1.16. The van der Waals surface area contributed by atoms with Crippen LogP contribution < -0.4 is 0 Å².